The van der Waals surface area contributed by atoms with Gasteiger partial charge in [0, 0.05) is 24.3 Å². The molecule has 0 aromatic heterocycles. The number of ketones is 1. The standard InChI is InChI=1S/C20H25NO3/c1-24-17-9-3-5-13-8-4-10-21(18(13)17)20(23)16-11-14-6-2-7-15(12-16)19(14)22/h3,5,9,14-16H,2,4,6-8,10-12H2,1H3/t14-,15+,16?. The number of carbonyl (C=O) groups is 2. The van der Waals surface area contributed by atoms with Gasteiger partial charge in [0.25, 0.3) is 0 Å². The van der Waals surface area contributed by atoms with Crippen molar-refractivity contribution in [1.82, 2.24) is 0 Å². The first-order chi connectivity index (χ1) is 11.7. The summed E-state index contributed by atoms with van der Waals surface area (Å²) in [5, 5.41) is 0. The molecule has 1 heterocycles. The van der Waals surface area contributed by atoms with Crippen LogP contribution in [-0.4, -0.2) is 25.3 Å². The molecule has 2 bridgehead atoms. The molecule has 24 heavy (non-hydrogen) atoms. The molecule has 1 aromatic rings. The summed E-state index contributed by atoms with van der Waals surface area (Å²) in [4.78, 5) is 27.5. The summed E-state index contributed by atoms with van der Waals surface area (Å²) in [6.07, 6.45) is 6.56. The van der Waals surface area contributed by atoms with Gasteiger partial charge >= 0.3 is 0 Å². The molecule has 0 saturated heterocycles. The molecule has 2 saturated carbocycles. The number of hydrogen-bond donors (Lipinski definition) is 0. The zero-order valence-electron chi connectivity index (χ0n) is 14.3. The maximum absolute atomic E-state index is 13.3. The number of ether oxygens (including phenoxy) is 1. The number of rotatable bonds is 2. The highest BCUT2D eigenvalue weighted by Crippen LogP contribution is 2.43. The third-order valence-electron chi connectivity index (χ3n) is 6.06. The molecule has 3 atom stereocenters. The zero-order valence-corrected chi connectivity index (χ0v) is 14.3. The minimum Gasteiger partial charge on any atom is -0.495 e. The Morgan fingerprint density at radius 3 is 2.62 bits per heavy atom. The van der Waals surface area contributed by atoms with Crippen molar-refractivity contribution in [3.8, 4) is 5.75 Å². The maximum atomic E-state index is 13.3. The quantitative estimate of drug-likeness (QED) is 0.837. The SMILES string of the molecule is COc1cccc2c1N(C(=O)C1C[C@H]3CCC[C@@H](C1)C3=O)CCC2. The van der Waals surface area contributed by atoms with E-state index in [2.05, 4.69) is 6.07 Å². The van der Waals surface area contributed by atoms with E-state index in [1.54, 1.807) is 7.11 Å². The smallest absolute Gasteiger partial charge is 0.230 e. The number of methoxy groups -OCH3 is 1. The second kappa shape index (κ2) is 6.23. The lowest BCUT2D eigenvalue weighted by molar-refractivity contribution is -0.136. The Hall–Kier alpha value is -1.84. The Morgan fingerprint density at radius 2 is 1.92 bits per heavy atom. The number of fused-ring (bicyclic) bond motifs is 3. The number of benzene rings is 1. The molecule has 0 spiro atoms. The second-order valence-corrected chi connectivity index (χ2v) is 7.46. The molecule has 4 heteroatoms. The normalized spacial score (nSPS) is 29.1. The summed E-state index contributed by atoms with van der Waals surface area (Å²) in [6, 6.07) is 6.02. The maximum Gasteiger partial charge on any atom is 0.230 e. The number of hydrogen-bond acceptors (Lipinski definition) is 3. The number of carbonyl (C=O) groups excluding carboxylic acids is 2. The lowest BCUT2D eigenvalue weighted by atomic mass is 9.67. The van der Waals surface area contributed by atoms with Crippen LogP contribution < -0.4 is 9.64 Å². The van der Waals surface area contributed by atoms with Crippen LogP contribution in [0.15, 0.2) is 18.2 Å². The molecule has 2 aliphatic carbocycles. The molecule has 128 valence electrons. The van der Waals surface area contributed by atoms with Gasteiger partial charge in [0.2, 0.25) is 5.91 Å². The molecular formula is C20H25NO3. The number of nitrogens with zero attached hydrogens (tertiary/aromatic N) is 1. The fourth-order valence-corrected chi connectivity index (χ4v) is 4.90. The van der Waals surface area contributed by atoms with Gasteiger partial charge in [0.05, 0.1) is 12.8 Å². The Labute approximate surface area is 143 Å². The van der Waals surface area contributed by atoms with Crippen LogP contribution in [-0.2, 0) is 16.0 Å². The van der Waals surface area contributed by atoms with Crippen LogP contribution in [0.1, 0.15) is 44.1 Å². The van der Waals surface area contributed by atoms with Crippen LogP contribution >= 0.6 is 0 Å². The largest absolute Gasteiger partial charge is 0.495 e. The van der Waals surface area contributed by atoms with Crippen molar-refractivity contribution in [3.63, 3.8) is 0 Å². The number of amides is 1. The van der Waals surface area contributed by atoms with Gasteiger partial charge in [-0.05, 0) is 50.2 Å². The summed E-state index contributed by atoms with van der Waals surface area (Å²) >= 11 is 0. The lowest BCUT2D eigenvalue weighted by Crippen LogP contribution is -2.45. The Bertz CT molecular complexity index is 639. The van der Waals surface area contributed by atoms with E-state index in [-0.39, 0.29) is 23.7 Å². The highest BCUT2D eigenvalue weighted by atomic mass is 16.5. The number of aryl methyl sites for hydroxylation is 1. The topological polar surface area (TPSA) is 46.6 Å². The Morgan fingerprint density at radius 1 is 1.17 bits per heavy atom. The third kappa shape index (κ3) is 2.52. The summed E-state index contributed by atoms with van der Waals surface area (Å²) in [5.41, 5.74) is 2.15. The highest BCUT2D eigenvalue weighted by molar-refractivity contribution is 5.99. The van der Waals surface area contributed by atoms with E-state index in [4.69, 9.17) is 4.74 Å². The molecular weight excluding hydrogens is 302 g/mol. The predicted octanol–water partition coefficient (Wildman–Crippen LogP) is 3.37. The van der Waals surface area contributed by atoms with Crippen molar-refractivity contribution in [1.29, 1.82) is 0 Å². The van der Waals surface area contributed by atoms with E-state index in [0.717, 1.165) is 62.9 Å². The van der Waals surface area contributed by atoms with Gasteiger partial charge in [-0.15, -0.1) is 0 Å². The molecule has 1 aliphatic heterocycles. The van der Waals surface area contributed by atoms with E-state index in [9.17, 15) is 9.59 Å². The van der Waals surface area contributed by atoms with E-state index in [1.165, 1.54) is 5.56 Å². The van der Waals surface area contributed by atoms with Crippen LogP contribution in [0, 0.1) is 17.8 Å². The summed E-state index contributed by atoms with van der Waals surface area (Å²) < 4.78 is 5.52. The number of anilines is 1. The van der Waals surface area contributed by atoms with E-state index >= 15 is 0 Å². The predicted molar refractivity (Wildman–Crippen MR) is 92.2 cm³/mol. The summed E-state index contributed by atoms with van der Waals surface area (Å²) in [6.45, 7) is 0.756. The molecule has 4 rings (SSSR count). The zero-order chi connectivity index (χ0) is 16.7. The fourth-order valence-electron chi connectivity index (χ4n) is 4.90. The molecule has 1 unspecified atom stereocenters. The Balaban J connectivity index is 1.61. The molecule has 1 amide bonds. The van der Waals surface area contributed by atoms with Crippen LogP contribution in [0.3, 0.4) is 0 Å². The van der Waals surface area contributed by atoms with Crippen molar-refractivity contribution >= 4 is 17.4 Å². The minimum atomic E-state index is -0.00568. The van der Waals surface area contributed by atoms with Crippen molar-refractivity contribution < 1.29 is 14.3 Å². The van der Waals surface area contributed by atoms with E-state index in [1.807, 2.05) is 17.0 Å². The van der Waals surface area contributed by atoms with Gasteiger partial charge in [-0.1, -0.05) is 18.6 Å². The van der Waals surface area contributed by atoms with Crippen molar-refractivity contribution in [2.75, 3.05) is 18.6 Å². The van der Waals surface area contributed by atoms with Gasteiger partial charge in [-0.25, -0.2) is 0 Å². The van der Waals surface area contributed by atoms with Crippen LogP contribution in [0.2, 0.25) is 0 Å². The van der Waals surface area contributed by atoms with Gasteiger partial charge in [0.1, 0.15) is 11.5 Å². The van der Waals surface area contributed by atoms with Crippen molar-refractivity contribution in [2.24, 2.45) is 17.8 Å². The van der Waals surface area contributed by atoms with Gasteiger partial charge in [-0.2, -0.15) is 0 Å². The molecule has 2 fully saturated rings. The average molecular weight is 327 g/mol. The first-order valence-corrected chi connectivity index (χ1v) is 9.20. The molecule has 0 radical (unpaired) electrons. The monoisotopic (exact) mass is 327 g/mol. The summed E-state index contributed by atoms with van der Waals surface area (Å²) in [5.74, 6) is 1.63. The van der Waals surface area contributed by atoms with Crippen molar-refractivity contribution in [3.05, 3.63) is 23.8 Å². The van der Waals surface area contributed by atoms with Gasteiger partial charge in [0.15, 0.2) is 0 Å². The van der Waals surface area contributed by atoms with Crippen LogP contribution in [0.4, 0.5) is 5.69 Å². The first-order valence-electron chi connectivity index (χ1n) is 9.20. The van der Waals surface area contributed by atoms with Crippen molar-refractivity contribution in [2.45, 2.75) is 44.9 Å². The Kier molecular flexibility index (Phi) is 4.07. The molecule has 0 N–H and O–H groups in total. The second-order valence-electron chi connectivity index (χ2n) is 7.46. The summed E-state index contributed by atoms with van der Waals surface area (Å²) in [7, 11) is 1.66. The van der Waals surface area contributed by atoms with Crippen LogP contribution in [0.5, 0.6) is 5.75 Å². The molecule has 3 aliphatic rings. The first kappa shape index (κ1) is 15.7. The lowest BCUT2D eigenvalue weighted by Gasteiger charge is -2.40. The number of para-hydroxylation sites is 1. The fraction of sp³-hybridized carbons (Fsp3) is 0.600. The minimum absolute atomic E-state index is 0.00568. The van der Waals surface area contributed by atoms with Crippen LogP contribution in [0.25, 0.3) is 0 Å². The van der Waals surface area contributed by atoms with E-state index in [0.29, 0.717) is 5.78 Å². The highest BCUT2D eigenvalue weighted by Gasteiger charge is 2.43. The third-order valence-corrected chi connectivity index (χ3v) is 6.06. The molecule has 1 aromatic carbocycles. The van der Waals surface area contributed by atoms with Gasteiger partial charge < -0.3 is 9.64 Å². The van der Waals surface area contributed by atoms with E-state index < -0.39 is 0 Å². The van der Waals surface area contributed by atoms with Gasteiger partial charge in [-0.3, -0.25) is 9.59 Å². The molecule has 4 nitrogen and oxygen atoms in total. The number of Topliss-reactive ketones (excluding diaryl/α,β-unsaturated/α-hetero) is 1. The average Bonchev–Trinajstić information content (AvgIpc) is 2.60.